The van der Waals surface area contributed by atoms with Crippen molar-refractivity contribution in [3.05, 3.63) is 48.0 Å². The molecule has 2 aliphatic heterocycles. The molecule has 0 bridgehead atoms. The average Bonchev–Trinajstić information content (AvgIpc) is 3.15. The van der Waals surface area contributed by atoms with E-state index in [1.54, 1.807) is 6.20 Å². The van der Waals surface area contributed by atoms with Gasteiger partial charge in [-0.2, -0.15) is 0 Å². The summed E-state index contributed by atoms with van der Waals surface area (Å²) in [7, 11) is 0. The normalized spacial score (nSPS) is 20.3. The first-order valence-electron chi connectivity index (χ1n) is 11.5. The fourth-order valence-electron chi connectivity index (χ4n) is 4.64. The SMILES string of the molecule is Cc1nccn1CC1(O)CCN(Cc2cccc(OCCN3CCCCC3)c2)CC1. The van der Waals surface area contributed by atoms with Gasteiger partial charge in [0.2, 0.25) is 0 Å². The molecule has 0 aliphatic carbocycles. The number of likely N-dealkylation sites (tertiary alicyclic amines) is 2. The van der Waals surface area contributed by atoms with E-state index in [1.165, 1.54) is 37.9 Å². The summed E-state index contributed by atoms with van der Waals surface area (Å²) in [5.41, 5.74) is 0.642. The molecule has 2 saturated heterocycles. The number of piperidine rings is 2. The van der Waals surface area contributed by atoms with Crippen LogP contribution >= 0.6 is 0 Å². The third kappa shape index (κ3) is 5.84. The Kier molecular flexibility index (Phi) is 7.08. The second-order valence-corrected chi connectivity index (χ2v) is 9.00. The maximum Gasteiger partial charge on any atom is 0.119 e. The molecule has 6 nitrogen and oxygen atoms in total. The molecule has 2 aliphatic rings. The third-order valence-corrected chi connectivity index (χ3v) is 6.60. The molecule has 0 saturated carbocycles. The molecule has 0 unspecified atom stereocenters. The van der Waals surface area contributed by atoms with E-state index in [4.69, 9.17) is 4.74 Å². The van der Waals surface area contributed by atoms with E-state index in [0.29, 0.717) is 6.54 Å². The zero-order valence-corrected chi connectivity index (χ0v) is 18.3. The molecular weight excluding hydrogens is 376 g/mol. The van der Waals surface area contributed by atoms with Gasteiger partial charge in [0.05, 0.1) is 12.1 Å². The summed E-state index contributed by atoms with van der Waals surface area (Å²) in [5, 5.41) is 11.0. The lowest BCUT2D eigenvalue weighted by Gasteiger charge is -2.38. The lowest BCUT2D eigenvalue weighted by Crippen LogP contribution is -2.46. The average molecular weight is 413 g/mol. The van der Waals surface area contributed by atoms with Gasteiger partial charge in [-0.1, -0.05) is 18.6 Å². The van der Waals surface area contributed by atoms with Crippen molar-refractivity contribution in [2.24, 2.45) is 0 Å². The summed E-state index contributed by atoms with van der Waals surface area (Å²) in [5.74, 6) is 1.93. The van der Waals surface area contributed by atoms with E-state index in [2.05, 4.69) is 43.6 Å². The van der Waals surface area contributed by atoms with Gasteiger partial charge in [-0.3, -0.25) is 9.80 Å². The lowest BCUT2D eigenvalue weighted by molar-refractivity contribution is -0.0361. The van der Waals surface area contributed by atoms with Crippen LogP contribution in [0.4, 0.5) is 0 Å². The Labute approximate surface area is 180 Å². The standard InChI is InChI=1S/C24H36N4O2/c1-21-25-10-15-28(21)20-24(29)8-13-27(14-9-24)19-22-6-5-7-23(18-22)30-17-16-26-11-3-2-4-12-26/h5-7,10,15,18,29H,2-4,8-9,11-14,16-17,19-20H2,1H3. The van der Waals surface area contributed by atoms with Gasteiger partial charge >= 0.3 is 0 Å². The van der Waals surface area contributed by atoms with Gasteiger partial charge in [0.15, 0.2) is 0 Å². The quantitative estimate of drug-likeness (QED) is 0.722. The number of aromatic nitrogens is 2. The Morgan fingerprint density at radius 3 is 2.60 bits per heavy atom. The highest BCUT2D eigenvalue weighted by Gasteiger charge is 2.32. The van der Waals surface area contributed by atoms with Gasteiger partial charge in [0.25, 0.3) is 0 Å². The van der Waals surface area contributed by atoms with Crippen LogP contribution in [-0.4, -0.2) is 69.4 Å². The molecule has 2 fully saturated rings. The predicted octanol–water partition coefficient (Wildman–Crippen LogP) is 3.08. The minimum Gasteiger partial charge on any atom is -0.492 e. The Bertz CT molecular complexity index is 792. The Morgan fingerprint density at radius 2 is 1.87 bits per heavy atom. The van der Waals surface area contributed by atoms with Crippen molar-refractivity contribution in [2.45, 2.75) is 57.7 Å². The molecule has 0 amide bonds. The molecule has 0 spiro atoms. The van der Waals surface area contributed by atoms with Crippen LogP contribution in [-0.2, 0) is 13.1 Å². The topological polar surface area (TPSA) is 53.8 Å². The van der Waals surface area contributed by atoms with Gasteiger partial charge in [0.1, 0.15) is 18.2 Å². The van der Waals surface area contributed by atoms with Crippen molar-refractivity contribution < 1.29 is 9.84 Å². The number of nitrogens with zero attached hydrogens (tertiary/aromatic N) is 4. The van der Waals surface area contributed by atoms with Crippen LogP contribution in [0.15, 0.2) is 36.7 Å². The molecule has 4 rings (SSSR count). The van der Waals surface area contributed by atoms with Crippen LogP contribution in [0.2, 0.25) is 0 Å². The van der Waals surface area contributed by atoms with Crippen LogP contribution in [0.25, 0.3) is 0 Å². The summed E-state index contributed by atoms with van der Waals surface area (Å²) in [4.78, 5) is 9.21. The Balaban J connectivity index is 1.23. The number of aliphatic hydroxyl groups is 1. The number of ether oxygens (including phenoxy) is 1. The largest absolute Gasteiger partial charge is 0.492 e. The molecule has 1 N–H and O–H groups in total. The van der Waals surface area contributed by atoms with Gasteiger partial charge in [-0.05, 0) is 63.4 Å². The molecule has 30 heavy (non-hydrogen) atoms. The van der Waals surface area contributed by atoms with Crippen LogP contribution in [0.5, 0.6) is 5.75 Å². The van der Waals surface area contributed by atoms with Crippen LogP contribution in [0, 0.1) is 6.92 Å². The van der Waals surface area contributed by atoms with E-state index < -0.39 is 5.60 Å². The van der Waals surface area contributed by atoms with Crippen molar-refractivity contribution in [3.63, 3.8) is 0 Å². The number of benzene rings is 1. The van der Waals surface area contributed by atoms with E-state index in [-0.39, 0.29) is 0 Å². The van der Waals surface area contributed by atoms with Crippen molar-refractivity contribution in [2.75, 3.05) is 39.3 Å². The number of hydrogen-bond donors (Lipinski definition) is 1. The van der Waals surface area contributed by atoms with Gasteiger partial charge < -0.3 is 14.4 Å². The van der Waals surface area contributed by atoms with Gasteiger partial charge in [-0.25, -0.2) is 4.98 Å². The monoisotopic (exact) mass is 412 g/mol. The molecule has 2 aromatic rings. The zero-order valence-electron chi connectivity index (χ0n) is 18.3. The molecule has 0 atom stereocenters. The zero-order chi connectivity index (χ0) is 20.8. The first-order chi connectivity index (χ1) is 14.6. The minimum absolute atomic E-state index is 0.632. The molecule has 1 aromatic heterocycles. The highest BCUT2D eigenvalue weighted by atomic mass is 16.5. The van der Waals surface area contributed by atoms with Crippen molar-refractivity contribution in [3.8, 4) is 5.75 Å². The highest BCUT2D eigenvalue weighted by Crippen LogP contribution is 2.26. The predicted molar refractivity (Wildman–Crippen MR) is 119 cm³/mol. The maximum absolute atomic E-state index is 11.0. The minimum atomic E-state index is -0.638. The smallest absolute Gasteiger partial charge is 0.119 e. The van der Waals surface area contributed by atoms with E-state index >= 15 is 0 Å². The van der Waals surface area contributed by atoms with Crippen LogP contribution in [0.3, 0.4) is 0 Å². The number of aryl methyl sites for hydroxylation is 1. The summed E-state index contributed by atoms with van der Waals surface area (Å²) < 4.78 is 8.09. The molecule has 164 valence electrons. The molecule has 6 heteroatoms. The van der Waals surface area contributed by atoms with E-state index in [0.717, 1.165) is 57.2 Å². The molecule has 0 radical (unpaired) electrons. The fraction of sp³-hybridized carbons (Fsp3) is 0.625. The van der Waals surface area contributed by atoms with Crippen LogP contribution in [0.1, 0.15) is 43.5 Å². The molecular formula is C24H36N4O2. The first kappa shape index (κ1) is 21.3. The van der Waals surface area contributed by atoms with Gasteiger partial charge in [-0.15, -0.1) is 0 Å². The maximum atomic E-state index is 11.0. The van der Waals surface area contributed by atoms with E-state index in [9.17, 15) is 5.11 Å². The summed E-state index contributed by atoms with van der Waals surface area (Å²) in [6.45, 7) is 9.54. The second-order valence-electron chi connectivity index (χ2n) is 9.00. The molecule has 3 heterocycles. The summed E-state index contributed by atoms with van der Waals surface area (Å²) in [6.07, 6.45) is 9.35. The number of imidazole rings is 1. The third-order valence-electron chi connectivity index (χ3n) is 6.60. The number of rotatable bonds is 8. The Hall–Kier alpha value is -1.89. The lowest BCUT2D eigenvalue weighted by atomic mass is 9.91. The Morgan fingerprint density at radius 1 is 1.07 bits per heavy atom. The highest BCUT2D eigenvalue weighted by molar-refractivity contribution is 5.28. The van der Waals surface area contributed by atoms with Crippen LogP contribution < -0.4 is 4.74 Å². The fourth-order valence-corrected chi connectivity index (χ4v) is 4.64. The second kappa shape index (κ2) is 9.94. The summed E-state index contributed by atoms with van der Waals surface area (Å²) >= 11 is 0. The van der Waals surface area contributed by atoms with E-state index in [1.807, 2.05) is 13.1 Å². The van der Waals surface area contributed by atoms with Gasteiger partial charge in [0, 0.05) is 38.6 Å². The van der Waals surface area contributed by atoms with Crippen molar-refractivity contribution >= 4 is 0 Å². The first-order valence-corrected chi connectivity index (χ1v) is 11.5. The summed E-state index contributed by atoms with van der Waals surface area (Å²) in [6, 6.07) is 8.49. The van der Waals surface area contributed by atoms with Crippen molar-refractivity contribution in [1.82, 2.24) is 19.4 Å². The van der Waals surface area contributed by atoms with Crippen molar-refractivity contribution in [1.29, 1.82) is 0 Å². The molecule has 1 aromatic carbocycles. The number of hydrogen-bond acceptors (Lipinski definition) is 5.